The first-order valence-electron chi connectivity index (χ1n) is 5.34. The largest absolute Gasteiger partial charge is 0.482 e. The van der Waals surface area contributed by atoms with E-state index < -0.39 is 4.92 Å². The van der Waals surface area contributed by atoms with Gasteiger partial charge in [0.15, 0.2) is 5.75 Å². The van der Waals surface area contributed by atoms with Crippen LogP contribution in [0.15, 0.2) is 18.2 Å². The number of nitro benzene ring substituents is 1. The molecule has 0 spiro atoms. The number of nitriles is 2. The van der Waals surface area contributed by atoms with Crippen molar-refractivity contribution in [3.8, 4) is 17.9 Å². The maximum atomic E-state index is 10.9. The van der Waals surface area contributed by atoms with Gasteiger partial charge in [0.1, 0.15) is 6.10 Å². The molecular weight excluding hydrogens is 234 g/mol. The molecule has 0 aromatic heterocycles. The Bertz CT molecular complexity index is 528. The number of hydrogen-bond donors (Lipinski definition) is 0. The van der Waals surface area contributed by atoms with Crippen LogP contribution in [-0.4, -0.2) is 11.0 Å². The summed E-state index contributed by atoms with van der Waals surface area (Å²) in [5.41, 5.74) is -0.0622. The molecule has 0 saturated heterocycles. The minimum atomic E-state index is -0.602. The van der Waals surface area contributed by atoms with Gasteiger partial charge in [-0.25, -0.2) is 0 Å². The lowest BCUT2D eigenvalue weighted by Crippen LogP contribution is -2.15. The number of benzene rings is 1. The number of ether oxygens (including phenoxy) is 1. The highest BCUT2D eigenvalue weighted by Crippen LogP contribution is 2.29. The van der Waals surface area contributed by atoms with Crippen molar-refractivity contribution in [2.24, 2.45) is 0 Å². The lowest BCUT2D eigenvalue weighted by Gasteiger charge is -2.14. The van der Waals surface area contributed by atoms with Crippen LogP contribution in [0.5, 0.6) is 5.75 Å². The van der Waals surface area contributed by atoms with Crippen LogP contribution in [0.25, 0.3) is 0 Å². The van der Waals surface area contributed by atoms with Crippen molar-refractivity contribution in [1.82, 2.24) is 0 Å². The Labute approximate surface area is 104 Å². The molecule has 1 aromatic carbocycles. The predicted octanol–water partition coefficient (Wildman–Crippen LogP) is 2.54. The van der Waals surface area contributed by atoms with E-state index in [0.717, 1.165) is 6.07 Å². The fourth-order valence-electron chi connectivity index (χ4n) is 1.38. The first-order chi connectivity index (χ1) is 8.62. The first-order valence-corrected chi connectivity index (χ1v) is 5.34. The third-order valence-electron chi connectivity index (χ3n) is 2.35. The van der Waals surface area contributed by atoms with Gasteiger partial charge in [0.2, 0.25) is 0 Å². The molecule has 0 aliphatic rings. The summed E-state index contributed by atoms with van der Waals surface area (Å²) in [5, 5.41) is 28.2. The maximum Gasteiger partial charge on any atom is 0.312 e. The molecule has 1 atom stereocenters. The van der Waals surface area contributed by atoms with E-state index in [1.807, 2.05) is 19.1 Å². The molecule has 1 aromatic rings. The zero-order valence-electron chi connectivity index (χ0n) is 9.79. The van der Waals surface area contributed by atoms with Gasteiger partial charge in [0.25, 0.3) is 0 Å². The Morgan fingerprint density at radius 2 is 2.22 bits per heavy atom. The van der Waals surface area contributed by atoms with E-state index in [9.17, 15) is 10.1 Å². The summed E-state index contributed by atoms with van der Waals surface area (Å²) in [4.78, 5) is 10.3. The van der Waals surface area contributed by atoms with E-state index in [1.54, 1.807) is 0 Å². The summed E-state index contributed by atoms with van der Waals surface area (Å²) in [6, 6.07) is 7.79. The summed E-state index contributed by atoms with van der Waals surface area (Å²) >= 11 is 0. The SMILES string of the molecule is CCC(CC#N)Oc1ccc(C#N)cc1[N+](=O)[O-]. The second-order valence-corrected chi connectivity index (χ2v) is 3.56. The summed E-state index contributed by atoms with van der Waals surface area (Å²) in [5.74, 6) is 0.0844. The van der Waals surface area contributed by atoms with Gasteiger partial charge in [0.05, 0.1) is 29.0 Å². The molecule has 0 radical (unpaired) electrons. The topological polar surface area (TPSA) is 99.9 Å². The Kier molecular flexibility index (Phi) is 4.65. The van der Waals surface area contributed by atoms with E-state index in [0.29, 0.717) is 6.42 Å². The molecule has 0 fully saturated rings. The van der Waals surface area contributed by atoms with Gasteiger partial charge in [0, 0.05) is 6.07 Å². The lowest BCUT2D eigenvalue weighted by molar-refractivity contribution is -0.386. The molecule has 0 bridgehead atoms. The zero-order chi connectivity index (χ0) is 13.5. The van der Waals surface area contributed by atoms with E-state index in [-0.39, 0.29) is 29.5 Å². The molecule has 0 aliphatic carbocycles. The monoisotopic (exact) mass is 245 g/mol. The Morgan fingerprint density at radius 1 is 1.50 bits per heavy atom. The molecule has 0 N–H and O–H groups in total. The van der Waals surface area contributed by atoms with Crippen LogP contribution in [0.4, 0.5) is 5.69 Å². The summed E-state index contributed by atoms with van der Waals surface area (Å²) in [6.07, 6.45) is 0.347. The highest BCUT2D eigenvalue weighted by molar-refractivity contribution is 5.51. The molecule has 18 heavy (non-hydrogen) atoms. The van der Waals surface area contributed by atoms with Crippen molar-refractivity contribution in [1.29, 1.82) is 10.5 Å². The highest BCUT2D eigenvalue weighted by atomic mass is 16.6. The van der Waals surface area contributed by atoms with Gasteiger partial charge in [-0.15, -0.1) is 0 Å². The molecule has 0 amide bonds. The normalized spacial score (nSPS) is 11.1. The van der Waals surface area contributed by atoms with Crippen molar-refractivity contribution < 1.29 is 9.66 Å². The summed E-state index contributed by atoms with van der Waals surface area (Å²) in [7, 11) is 0. The van der Waals surface area contributed by atoms with E-state index in [4.69, 9.17) is 15.3 Å². The van der Waals surface area contributed by atoms with Crippen LogP contribution in [-0.2, 0) is 0 Å². The van der Waals surface area contributed by atoms with Gasteiger partial charge < -0.3 is 4.74 Å². The molecule has 92 valence electrons. The van der Waals surface area contributed by atoms with Crippen LogP contribution < -0.4 is 4.74 Å². The quantitative estimate of drug-likeness (QED) is 0.586. The maximum absolute atomic E-state index is 10.9. The smallest absolute Gasteiger partial charge is 0.312 e. The molecule has 6 heteroatoms. The Balaban J connectivity index is 3.05. The fraction of sp³-hybridized carbons (Fsp3) is 0.333. The molecule has 1 rings (SSSR count). The van der Waals surface area contributed by atoms with Crippen molar-refractivity contribution in [2.75, 3.05) is 0 Å². The second kappa shape index (κ2) is 6.21. The minimum absolute atomic E-state index is 0.0844. The first kappa shape index (κ1) is 13.5. The van der Waals surface area contributed by atoms with Gasteiger partial charge in [-0.3, -0.25) is 10.1 Å². The highest BCUT2D eigenvalue weighted by Gasteiger charge is 2.19. The molecule has 0 saturated carbocycles. The Hall–Kier alpha value is -2.60. The van der Waals surface area contributed by atoms with Crippen LogP contribution in [0, 0.1) is 32.8 Å². The van der Waals surface area contributed by atoms with E-state index >= 15 is 0 Å². The summed E-state index contributed by atoms with van der Waals surface area (Å²) < 4.78 is 5.42. The predicted molar refractivity (Wildman–Crippen MR) is 62.7 cm³/mol. The third kappa shape index (κ3) is 3.19. The molecule has 0 heterocycles. The number of rotatable bonds is 5. The number of nitrogens with zero attached hydrogens (tertiary/aromatic N) is 3. The number of nitro groups is 1. The zero-order valence-corrected chi connectivity index (χ0v) is 9.79. The average molecular weight is 245 g/mol. The second-order valence-electron chi connectivity index (χ2n) is 3.56. The third-order valence-corrected chi connectivity index (χ3v) is 2.35. The van der Waals surface area contributed by atoms with Gasteiger partial charge in [-0.2, -0.15) is 10.5 Å². The Morgan fingerprint density at radius 3 is 2.72 bits per heavy atom. The number of hydrogen-bond acceptors (Lipinski definition) is 5. The molecular formula is C12H11N3O3. The van der Waals surface area contributed by atoms with Crippen molar-refractivity contribution >= 4 is 5.69 Å². The summed E-state index contributed by atoms with van der Waals surface area (Å²) in [6.45, 7) is 1.83. The average Bonchev–Trinajstić information content (AvgIpc) is 2.38. The van der Waals surface area contributed by atoms with Crippen LogP contribution in [0.2, 0.25) is 0 Å². The molecule has 1 unspecified atom stereocenters. The minimum Gasteiger partial charge on any atom is -0.482 e. The van der Waals surface area contributed by atoms with Crippen molar-refractivity contribution in [2.45, 2.75) is 25.9 Å². The lowest BCUT2D eigenvalue weighted by atomic mass is 10.2. The standard InChI is InChI=1S/C12H11N3O3/c1-2-10(5-6-13)18-12-4-3-9(8-14)7-11(12)15(16)17/h3-4,7,10H,2,5H2,1H3. The van der Waals surface area contributed by atoms with Gasteiger partial charge >= 0.3 is 5.69 Å². The van der Waals surface area contributed by atoms with Gasteiger partial charge in [-0.05, 0) is 18.6 Å². The molecule has 6 nitrogen and oxygen atoms in total. The molecule has 0 aliphatic heterocycles. The van der Waals surface area contributed by atoms with E-state index in [2.05, 4.69) is 0 Å². The van der Waals surface area contributed by atoms with Crippen LogP contribution in [0.3, 0.4) is 0 Å². The van der Waals surface area contributed by atoms with Crippen molar-refractivity contribution in [3.05, 3.63) is 33.9 Å². The van der Waals surface area contributed by atoms with E-state index in [1.165, 1.54) is 12.1 Å². The van der Waals surface area contributed by atoms with Crippen molar-refractivity contribution in [3.63, 3.8) is 0 Å². The van der Waals surface area contributed by atoms with Crippen LogP contribution in [0.1, 0.15) is 25.3 Å². The fourth-order valence-corrected chi connectivity index (χ4v) is 1.38. The van der Waals surface area contributed by atoms with Crippen LogP contribution >= 0.6 is 0 Å². The van der Waals surface area contributed by atoms with Gasteiger partial charge in [-0.1, -0.05) is 6.92 Å².